The van der Waals surface area contributed by atoms with Gasteiger partial charge in [-0.2, -0.15) is 4.98 Å². The minimum atomic E-state index is -0.932. The van der Waals surface area contributed by atoms with Crippen LogP contribution < -0.4 is 22.5 Å². The van der Waals surface area contributed by atoms with Crippen LogP contribution in [0.25, 0.3) is 0 Å². The number of aromatic nitrogens is 2. The van der Waals surface area contributed by atoms with Gasteiger partial charge in [0.15, 0.2) is 0 Å². The van der Waals surface area contributed by atoms with Crippen LogP contribution in [-0.4, -0.2) is 93.1 Å². The van der Waals surface area contributed by atoms with Crippen molar-refractivity contribution in [1.82, 2.24) is 24.3 Å². The third-order valence-corrected chi connectivity index (χ3v) is 8.19. The average molecular weight is 517 g/mol. The molecular weight excluding hydrogens is 472 g/mol. The van der Waals surface area contributed by atoms with Crippen LogP contribution in [0.5, 0.6) is 0 Å². The number of hydrogen-bond acceptors (Lipinski definition) is 7. The summed E-state index contributed by atoms with van der Waals surface area (Å²) in [5, 5.41) is 2.74. The third kappa shape index (κ3) is 7.08. The van der Waals surface area contributed by atoms with Crippen LogP contribution in [0.15, 0.2) is 17.1 Å². The maximum atomic E-state index is 12.8. The van der Waals surface area contributed by atoms with Gasteiger partial charge in [0.1, 0.15) is 5.82 Å². The van der Waals surface area contributed by atoms with Crippen molar-refractivity contribution in [3.05, 3.63) is 22.7 Å². The van der Waals surface area contributed by atoms with Crippen molar-refractivity contribution in [3.8, 4) is 0 Å². The number of carbonyl (C=O) groups excluding carboxylic acids is 2. The Labute approximate surface area is 219 Å². The molecule has 37 heavy (non-hydrogen) atoms. The number of rotatable bonds is 5. The second kappa shape index (κ2) is 11.1. The standard InChI is InChI=1S/C26H44N8O3/c1-25(2,27)22(35)32-14-16-33(17-15-32)23(36)29-21-8-11-34(24(37)30-21)20-6-4-19(5-7-20)18-31-12-9-26(3,28)10-13-31/h8,11,19-20H,4-7,9-10,12-18,27-28H2,1-3H3,(H,29,30,36,37). The van der Waals surface area contributed by atoms with Crippen LogP contribution in [0, 0.1) is 5.92 Å². The summed E-state index contributed by atoms with van der Waals surface area (Å²) in [7, 11) is 0. The lowest BCUT2D eigenvalue weighted by Gasteiger charge is -2.39. The molecule has 11 nitrogen and oxygen atoms in total. The smallest absolute Gasteiger partial charge is 0.338 e. The Morgan fingerprint density at radius 2 is 1.65 bits per heavy atom. The molecule has 5 N–H and O–H groups in total. The third-order valence-electron chi connectivity index (χ3n) is 8.19. The number of anilines is 1. The number of carbonyl (C=O) groups is 2. The Morgan fingerprint density at radius 3 is 2.22 bits per heavy atom. The molecule has 11 heteroatoms. The molecule has 0 aromatic carbocycles. The van der Waals surface area contributed by atoms with Gasteiger partial charge in [-0.15, -0.1) is 0 Å². The average Bonchev–Trinajstić information content (AvgIpc) is 2.85. The van der Waals surface area contributed by atoms with Crippen LogP contribution in [0.4, 0.5) is 10.6 Å². The number of piperidine rings is 1. The Kier molecular flexibility index (Phi) is 8.25. The summed E-state index contributed by atoms with van der Waals surface area (Å²) in [5.74, 6) is 0.781. The molecule has 3 aliphatic rings. The Balaban J connectivity index is 1.24. The van der Waals surface area contributed by atoms with E-state index in [1.165, 1.54) is 0 Å². The summed E-state index contributed by atoms with van der Waals surface area (Å²) < 4.78 is 1.71. The topological polar surface area (TPSA) is 143 Å². The van der Waals surface area contributed by atoms with Crippen molar-refractivity contribution in [3.63, 3.8) is 0 Å². The maximum Gasteiger partial charge on any atom is 0.349 e. The highest BCUT2D eigenvalue weighted by atomic mass is 16.2. The molecule has 1 aliphatic carbocycles. The Hall–Kier alpha value is -2.50. The van der Waals surface area contributed by atoms with Gasteiger partial charge < -0.3 is 26.2 Å². The minimum Gasteiger partial charge on any atom is -0.338 e. The maximum absolute atomic E-state index is 12.8. The van der Waals surface area contributed by atoms with E-state index in [9.17, 15) is 14.4 Å². The number of urea groups is 1. The van der Waals surface area contributed by atoms with Crippen molar-refractivity contribution in [1.29, 1.82) is 0 Å². The van der Waals surface area contributed by atoms with Gasteiger partial charge in [-0.3, -0.25) is 14.7 Å². The van der Waals surface area contributed by atoms with Gasteiger partial charge in [-0.1, -0.05) is 0 Å². The van der Waals surface area contributed by atoms with E-state index in [4.69, 9.17) is 11.5 Å². The zero-order chi connectivity index (χ0) is 26.8. The second-order valence-corrected chi connectivity index (χ2v) is 12.1. The van der Waals surface area contributed by atoms with E-state index in [1.807, 2.05) is 0 Å². The quantitative estimate of drug-likeness (QED) is 0.534. The number of hydrogen-bond donors (Lipinski definition) is 3. The molecule has 1 aromatic rings. The molecule has 3 amide bonds. The monoisotopic (exact) mass is 516 g/mol. The van der Waals surface area contributed by atoms with E-state index < -0.39 is 5.54 Å². The molecule has 2 aliphatic heterocycles. The summed E-state index contributed by atoms with van der Waals surface area (Å²) in [6.07, 6.45) is 7.97. The van der Waals surface area contributed by atoms with Gasteiger partial charge in [-0.05, 0) is 84.4 Å². The molecular formula is C26H44N8O3. The van der Waals surface area contributed by atoms with Gasteiger partial charge in [0.2, 0.25) is 5.91 Å². The first-order chi connectivity index (χ1) is 17.4. The fourth-order valence-electron chi connectivity index (χ4n) is 5.69. The number of likely N-dealkylation sites (tertiary alicyclic amines) is 1. The van der Waals surface area contributed by atoms with Crippen LogP contribution in [0.2, 0.25) is 0 Å². The number of nitrogens with two attached hydrogens (primary N) is 2. The van der Waals surface area contributed by atoms with E-state index in [0.717, 1.165) is 58.2 Å². The van der Waals surface area contributed by atoms with Crippen LogP contribution >= 0.6 is 0 Å². The molecule has 3 heterocycles. The van der Waals surface area contributed by atoms with Crippen molar-refractivity contribution in [2.24, 2.45) is 17.4 Å². The highest BCUT2D eigenvalue weighted by Gasteiger charge is 2.32. The van der Waals surface area contributed by atoms with E-state index in [1.54, 1.807) is 40.5 Å². The molecule has 4 rings (SSSR count). The Bertz CT molecular complexity index is 1010. The van der Waals surface area contributed by atoms with Gasteiger partial charge >= 0.3 is 11.7 Å². The van der Waals surface area contributed by atoms with Gasteiger partial charge in [0.25, 0.3) is 0 Å². The summed E-state index contributed by atoms with van der Waals surface area (Å²) in [6, 6.07) is 1.52. The molecule has 0 spiro atoms. The molecule has 206 valence electrons. The lowest BCUT2D eigenvalue weighted by Crippen LogP contribution is -2.58. The number of amides is 3. The summed E-state index contributed by atoms with van der Waals surface area (Å²) in [6.45, 7) is 10.4. The first-order valence-electron chi connectivity index (χ1n) is 13.7. The summed E-state index contributed by atoms with van der Waals surface area (Å²) in [5.41, 5.74) is 10.9. The van der Waals surface area contributed by atoms with Gasteiger partial charge in [0.05, 0.1) is 5.54 Å². The van der Waals surface area contributed by atoms with Crippen LogP contribution in [0.1, 0.15) is 65.3 Å². The molecule has 0 unspecified atom stereocenters. The zero-order valence-electron chi connectivity index (χ0n) is 22.6. The normalized spacial score (nSPS) is 25.1. The van der Waals surface area contributed by atoms with E-state index >= 15 is 0 Å². The molecule has 1 aromatic heterocycles. The molecule has 0 bridgehead atoms. The second-order valence-electron chi connectivity index (χ2n) is 12.1. The number of nitrogens with one attached hydrogen (secondary N) is 1. The van der Waals surface area contributed by atoms with Crippen molar-refractivity contribution >= 4 is 17.8 Å². The number of piperazine rings is 1. The van der Waals surface area contributed by atoms with Crippen LogP contribution in [0.3, 0.4) is 0 Å². The zero-order valence-corrected chi connectivity index (χ0v) is 22.6. The highest BCUT2D eigenvalue weighted by Crippen LogP contribution is 2.32. The minimum absolute atomic E-state index is 0.0225. The van der Waals surface area contributed by atoms with Crippen molar-refractivity contribution < 1.29 is 9.59 Å². The SMILES string of the molecule is CC1(N)CCN(CC2CCC(n3ccc(NC(=O)N4CCN(C(=O)C(C)(C)N)CC4)nc3=O)CC2)CC1. The first-order valence-corrected chi connectivity index (χ1v) is 13.7. The molecule has 3 fully saturated rings. The predicted molar refractivity (Wildman–Crippen MR) is 143 cm³/mol. The molecule has 0 radical (unpaired) electrons. The first kappa shape index (κ1) is 27.5. The molecule has 0 atom stereocenters. The van der Waals surface area contributed by atoms with Gasteiger partial charge in [-0.25, -0.2) is 9.59 Å². The highest BCUT2D eigenvalue weighted by molar-refractivity contribution is 5.89. The summed E-state index contributed by atoms with van der Waals surface area (Å²) in [4.78, 5) is 47.8. The number of nitrogens with zero attached hydrogens (tertiary/aromatic N) is 5. The van der Waals surface area contributed by atoms with E-state index in [2.05, 4.69) is 22.1 Å². The van der Waals surface area contributed by atoms with E-state index in [0.29, 0.717) is 32.1 Å². The molecule has 1 saturated carbocycles. The largest absolute Gasteiger partial charge is 0.349 e. The fourth-order valence-corrected chi connectivity index (χ4v) is 5.69. The lowest BCUT2D eigenvalue weighted by molar-refractivity contribution is -0.137. The van der Waals surface area contributed by atoms with Crippen molar-refractivity contribution in [2.45, 2.75) is 76.4 Å². The van der Waals surface area contributed by atoms with E-state index in [-0.39, 0.29) is 35.0 Å². The Morgan fingerprint density at radius 1 is 1.05 bits per heavy atom. The summed E-state index contributed by atoms with van der Waals surface area (Å²) >= 11 is 0. The van der Waals surface area contributed by atoms with Crippen molar-refractivity contribution in [2.75, 3.05) is 51.1 Å². The fraction of sp³-hybridized carbons (Fsp3) is 0.769. The lowest BCUT2D eigenvalue weighted by atomic mass is 9.84. The predicted octanol–water partition coefficient (Wildman–Crippen LogP) is 1.20. The van der Waals surface area contributed by atoms with Crippen LogP contribution in [-0.2, 0) is 4.79 Å². The molecule has 2 saturated heterocycles. The van der Waals surface area contributed by atoms with Gasteiger partial charge in [0, 0.05) is 50.5 Å².